The van der Waals surface area contributed by atoms with Crippen molar-refractivity contribution in [3.8, 4) is 6.07 Å². The Labute approximate surface area is 224 Å². The number of carbonyl (C=O) groups excluding carboxylic acids is 2. The SMILES string of the molecule is CCOC(=O)c1c(N2C(N)=C(C#N)[C@@H](c3ccc([N+](=O)[O-])cc3)C3=C2CCCC3=O)sc2c1CCCCC2. The Balaban J connectivity index is 1.73. The van der Waals surface area contributed by atoms with Gasteiger partial charge in [0.15, 0.2) is 5.78 Å². The Morgan fingerprint density at radius 3 is 2.61 bits per heavy atom. The number of hydrogen-bond acceptors (Lipinski definition) is 9. The first-order chi connectivity index (χ1) is 18.4. The normalized spacial score (nSPS) is 19.4. The fourth-order valence-corrected chi connectivity index (χ4v) is 7.16. The number of ether oxygens (including phenoxy) is 1. The maximum absolute atomic E-state index is 13.4. The Morgan fingerprint density at radius 1 is 1.18 bits per heavy atom. The van der Waals surface area contributed by atoms with E-state index in [0.29, 0.717) is 46.7 Å². The van der Waals surface area contributed by atoms with Crippen LogP contribution in [0.25, 0.3) is 0 Å². The van der Waals surface area contributed by atoms with Crippen LogP contribution in [-0.2, 0) is 22.4 Å². The van der Waals surface area contributed by atoms with E-state index in [1.165, 1.54) is 23.5 Å². The molecule has 2 N–H and O–H groups in total. The average Bonchev–Trinajstić information content (AvgIpc) is 3.10. The number of anilines is 1. The van der Waals surface area contributed by atoms with Crippen LogP contribution in [0.15, 0.2) is 46.9 Å². The number of nitrogens with zero attached hydrogens (tertiary/aromatic N) is 3. The van der Waals surface area contributed by atoms with E-state index >= 15 is 0 Å². The van der Waals surface area contributed by atoms with Gasteiger partial charge in [-0.2, -0.15) is 5.26 Å². The fourth-order valence-electron chi connectivity index (χ4n) is 5.74. The van der Waals surface area contributed by atoms with E-state index in [4.69, 9.17) is 10.5 Å². The molecule has 9 nitrogen and oxygen atoms in total. The minimum absolute atomic E-state index is 0.0787. The van der Waals surface area contributed by atoms with Gasteiger partial charge < -0.3 is 10.5 Å². The number of nitro benzene ring substituents is 1. The maximum Gasteiger partial charge on any atom is 0.341 e. The number of non-ortho nitro benzene ring substituents is 1. The monoisotopic (exact) mass is 532 g/mol. The molecule has 0 fully saturated rings. The molecule has 1 aliphatic heterocycles. The quantitative estimate of drug-likeness (QED) is 0.233. The highest BCUT2D eigenvalue weighted by Crippen LogP contribution is 2.50. The van der Waals surface area contributed by atoms with Gasteiger partial charge in [0.2, 0.25) is 0 Å². The summed E-state index contributed by atoms with van der Waals surface area (Å²) in [5.41, 5.74) is 10.0. The number of nitro groups is 1. The highest BCUT2D eigenvalue weighted by molar-refractivity contribution is 7.16. The Morgan fingerprint density at radius 2 is 1.92 bits per heavy atom. The van der Waals surface area contributed by atoms with Crippen LogP contribution < -0.4 is 10.6 Å². The number of nitrogens with two attached hydrogens (primary N) is 1. The van der Waals surface area contributed by atoms with Crippen LogP contribution in [0.5, 0.6) is 0 Å². The summed E-state index contributed by atoms with van der Waals surface area (Å²) in [5, 5.41) is 22.1. The van der Waals surface area contributed by atoms with Gasteiger partial charge in [-0.1, -0.05) is 18.6 Å². The van der Waals surface area contributed by atoms with Gasteiger partial charge in [0.1, 0.15) is 10.8 Å². The molecule has 1 aromatic carbocycles. The molecule has 10 heteroatoms. The molecule has 196 valence electrons. The maximum atomic E-state index is 13.4. The smallest absolute Gasteiger partial charge is 0.341 e. The number of nitriles is 1. The van der Waals surface area contributed by atoms with Gasteiger partial charge in [-0.3, -0.25) is 19.8 Å². The van der Waals surface area contributed by atoms with E-state index in [0.717, 1.165) is 42.5 Å². The number of allylic oxidation sites excluding steroid dienone is 3. The molecule has 5 rings (SSSR count). The van der Waals surface area contributed by atoms with Gasteiger partial charge in [0.25, 0.3) is 5.69 Å². The van der Waals surface area contributed by atoms with Crippen LogP contribution in [0.1, 0.15) is 77.7 Å². The predicted octanol–water partition coefficient (Wildman–Crippen LogP) is 5.41. The van der Waals surface area contributed by atoms with E-state index in [-0.39, 0.29) is 29.5 Å². The van der Waals surface area contributed by atoms with Gasteiger partial charge in [0, 0.05) is 34.7 Å². The largest absolute Gasteiger partial charge is 0.462 e. The van der Waals surface area contributed by atoms with E-state index < -0.39 is 16.8 Å². The second-order valence-corrected chi connectivity index (χ2v) is 10.7. The molecule has 0 saturated heterocycles. The lowest BCUT2D eigenvalue weighted by Crippen LogP contribution is -2.39. The first-order valence-electron chi connectivity index (χ1n) is 12.9. The first kappa shape index (κ1) is 25.7. The van der Waals surface area contributed by atoms with Crippen molar-refractivity contribution in [3.05, 3.63) is 78.6 Å². The molecule has 2 heterocycles. The number of benzene rings is 1. The molecule has 0 saturated carbocycles. The second-order valence-electron chi connectivity index (χ2n) is 9.63. The number of thiophene rings is 1. The number of fused-ring (bicyclic) bond motifs is 1. The predicted molar refractivity (Wildman–Crippen MR) is 143 cm³/mol. The summed E-state index contributed by atoms with van der Waals surface area (Å²) < 4.78 is 5.47. The van der Waals surface area contributed by atoms with Crippen molar-refractivity contribution in [3.63, 3.8) is 0 Å². The summed E-state index contributed by atoms with van der Waals surface area (Å²) in [6.45, 7) is 1.99. The molecule has 0 amide bonds. The fraction of sp³-hybridized carbons (Fsp3) is 0.393. The van der Waals surface area contributed by atoms with E-state index in [1.54, 1.807) is 24.0 Å². The topological polar surface area (TPSA) is 140 Å². The van der Waals surface area contributed by atoms with Crippen molar-refractivity contribution in [1.29, 1.82) is 5.26 Å². The van der Waals surface area contributed by atoms with Gasteiger partial charge >= 0.3 is 5.97 Å². The molecule has 1 aromatic heterocycles. The molecular formula is C28H28N4O5S. The van der Waals surface area contributed by atoms with Crippen LogP contribution in [-0.4, -0.2) is 23.3 Å². The van der Waals surface area contributed by atoms with Crippen LogP contribution >= 0.6 is 11.3 Å². The van der Waals surface area contributed by atoms with Gasteiger partial charge in [-0.15, -0.1) is 11.3 Å². The third-order valence-corrected chi connectivity index (χ3v) is 8.71. The third-order valence-electron chi connectivity index (χ3n) is 7.44. The Kier molecular flexibility index (Phi) is 7.04. The number of rotatable bonds is 5. The number of aryl methyl sites for hydroxylation is 1. The van der Waals surface area contributed by atoms with Gasteiger partial charge in [-0.05, 0) is 56.6 Å². The van der Waals surface area contributed by atoms with Crippen molar-refractivity contribution < 1.29 is 19.2 Å². The molecule has 0 spiro atoms. The van der Waals surface area contributed by atoms with Crippen molar-refractivity contribution in [1.82, 2.24) is 0 Å². The lowest BCUT2D eigenvalue weighted by Gasteiger charge is -2.39. The van der Waals surface area contributed by atoms with Crippen molar-refractivity contribution >= 4 is 33.8 Å². The van der Waals surface area contributed by atoms with Gasteiger partial charge in [-0.25, -0.2) is 4.79 Å². The molecule has 2 aliphatic carbocycles. The zero-order chi connectivity index (χ0) is 27.0. The molecule has 2 aromatic rings. The third kappa shape index (κ3) is 4.27. The lowest BCUT2D eigenvalue weighted by molar-refractivity contribution is -0.384. The molecular weight excluding hydrogens is 504 g/mol. The molecule has 0 radical (unpaired) electrons. The molecule has 1 atom stereocenters. The molecule has 38 heavy (non-hydrogen) atoms. The number of carbonyl (C=O) groups is 2. The van der Waals surface area contributed by atoms with Crippen LogP contribution in [0.3, 0.4) is 0 Å². The summed E-state index contributed by atoms with van der Waals surface area (Å²) in [6, 6.07) is 8.11. The number of esters is 1. The minimum atomic E-state index is -0.733. The van der Waals surface area contributed by atoms with Crippen molar-refractivity contribution in [2.45, 2.75) is 64.2 Å². The average molecular weight is 533 g/mol. The minimum Gasteiger partial charge on any atom is -0.462 e. The first-order valence-corrected chi connectivity index (χ1v) is 13.7. The van der Waals surface area contributed by atoms with E-state index in [2.05, 4.69) is 6.07 Å². The number of ketones is 1. The van der Waals surface area contributed by atoms with Crippen LogP contribution in [0.2, 0.25) is 0 Å². The Bertz CT molecular complexity index is 1430. The standard InChI is InChI=1S/C28H28N4O5S/c1-2-37-28(34)24-18-7-4-3-5-10-22(18)38-27(24)31-20-8-6-9-21(33)25(20)23(19(15-29)26(31)30)16-11-13-17(14-12-16)32(35)36/h11-14,23H,2-10,30H2,1H3/t23-/m1/s1. The van der Waals surface area contributed by atoms with Crippen molar-refractivity contribution in [2.75, 3.05) is 11.5 Å². The zero-order valence-corrected chi connectivity index (χ0v) is 21.9. The van der Waals surface area contributed by atoms with Crippen molar-refractivity contribution in [2.24, 2.45) is 5.73 Å². The summed E-state index contributed by atoms with van der Waals surface area (Å²) >= 11 is 1.49. The zero-order valence-electron chi connectivity index (χ0n) is 21.1. The molecule has 0 unspecified atom stereocenters. The summed E-state index contributed by atoms with van der Waals surface area (Å²) in [6.07, 6.45) is 6.21. The molecule has 0 bridgehead atoms. The van der Waals surface area contributed by atoms with E-state index in [9.17, 15) is 25.0 Å². The summed E-state index contributed by atoms with van der Waals surface area (Å²) in [7, 11) is 0. The Hall–Kier alpha value is -3.97. The molecule has 3 aliphatic rings. The van der Waals surface area contributed by atoms with E-state index in [1.807, 2.05) is 0 Å². The summed E-state index contributed by atoms with van der Waals surface area (Å²) in [5.74, 6) is -1.07. The lowest BCUT2D eigenvalue weighted by atomic mass is 9.75. The number of hydrogen-bond donors (Lipinski definition) is 1. The highest BCUT2D eigenvalue weighted by Gasteiger charge is 2.42. The van der Waals surface area contributed by atoms with Crippen LogP contribution in [0.4, 0.5) is 10.7 Å². The second kappa shape index (κ2) is 10.4. The highest BCUT2D eigenvalue weighted by atomic mass is 32.1. The summed E-state index contributed by atoms with van der Waals surface area (Å²) in [4.78, 5) is 40.3. The number of Topliss-reactive ketones (excluding diaryl/α,β-unsaturated/α-hetero) is 1. The van der Waals surface area contributed by atoms with Gasteiger partial charge in [0.05, 0.1) is 34.7 Å². The van der Waals surface area contributed by atoms with Crippen LogP contribution in [0, 0.1) is 21.4 Å².